The van der Waals surface area contributed by atoms with Crippen LogP contribution in [0.2, 0.25) is 5.02 Å². The second kappa shape index (κ2) is 7.35. The molecular weight excluding hydrogens is 328 g/mol. The predicted octanol–water partition coefficient (Wildman–Crippen LogP) is 4.07. The number of pyridine rings is 1. The summed E-state index contributed by atoms with van der Waals surface area (Å²) in [6.07, 6.45) is 5.30. The van der Waals surface area contributed by atoms with E-state index in [1.54, 1.807) is 23.7 Å². The Kier molecular flexibility index (Phi) is 5.00. The summed E-state index contributed by atoms with van der Waals surface area (Å²) in [6.45, 7) is 2.73. The van der Waals surface area contributed by atoms with Gasteiger partial charge in [0.1, 0.15) is 0 Å². The van der Waals surface area contributed by atoms with Gasteiger partial charge in [0.25, 0.3) is 0 Å². The summed E-state index contributed by atoms with van der Waals surface area (Å²) in [5.74, 6) is 0. The lowest BCUT2D eigenvalue weighted by atomic mass is 10.2. The standard InChI is InChI=1S/C17H15ClN4S/c1-2-20-17-22(21-11-13-7-9-19-10-8-13)16(12-23-17)14-3-5-15(18)6-4-14/h3-12H,2H2,1H3. The number of aromatic nitrogens is 2. The van der Waals surface area contributed by atoms with E-state index in [-0.39, 0.29) is 0 Å². The molecule has 0 spiro atoms. The largest absolute Gasteiger partial charge is 0.265 e. The maximum Gasteiger partial charge on any atom is 0.206 e. The van der Waals surface area contributed by atoms with E-state index >= 15 is 0 Å². The quantitative estimate of drug-likeness (QED) is 0.659. The molecule has 0 aliphatic carbocycles. The Morgan fingerprint density at radius 1 is 1.17 bits per heavy atom. The first-order chi connectivity index (χ1) is 11.3. The lowest BCUT2D eigenvalue weighted by Gasteiger charge is -2.03. The second-order valence-corrected chi connectivity index (χ2v) is 5.99. The second-order valence-electron chi connectivity index (χ2n) is 4.72. The minimum atomic E-state index is 0.714. The summed E-state index contributed by atoms with van der Waals surface area (Å²) < 4.78 is 1.86. The Morgan fingerprint density at radius 2 is 1.91 bits per heavy atom. The molecule has 1 aromatic carbocycles. The van der Waals surface area contributed by atoms with Gasteiger partial charge in [0, 0.05) is 34.9 Å². The number of hydrogen-bond acceptors (Lipinski definition) is 4. The number of nitrogens with zero attached hydrogens (tertiary/aromatic N) is 4. The molecule has 2 aromatic heterocycles. The zero-order valence-electron chi connectivity index (χ0n) is 12.6. The molecule has 4 nitrogen and oxygen atoms in total. The van der Waals surface area contributed by atoms with Crippen LogP contribution in [-0.4, -0.2) is 22.4 Å². The minimum absolute atomic E-state index is 0.714. The molecule has 3 aromatic rings. The smallest absolute Gasteiger partial charge is 0.206 e. The van der Waals surface area contributed by atoms with Gasteiger partial charge in [0.05, 0.1) is 11.9 Å². The van der Waals surface area contributed by atoms with E-state index < -0.39 is 0 Å². The van der Waals surface area contributed by atoms with Gasteiger partial charge >= 0.3 is 0 Å². The summed E-state index contributed by atoms with van der Waals surface area (Å²) in [5.41, 5.74) is 3.03. The van der Waals surface area contributed by atoms with Crippen LogP contribution in [0.1, 0.15) is 12.5 Å². The molecule has 0 fully saturated rings. The van der Waals surface area contributed by atoms with Crippen molar-refractivity contribution in [3.05, 3.63) is 69.6 Å². The Labute approximate surface area is 143 Å². The molecule has 0 radical (unpaired) electrons. The molecule has 0 bridgehead atoms. The highest BCUT2D eigenvalue weighted by Gasteiger charge is 2.07. The maximum absolute atomic E-state index is 5.98. The highest BCUT2D eigenvalue weighted by molar-refractivity contribution is 7.07. The normalized spacial score (nSPS) is 12.2. The molecule has 0 saturated heterocycles. The Morgan fingerprint density at radius 3 is 2.61 bits per heavy atom. The summed E-state index contributed by atoms with van der Waals surface area (Å²) in [5, 5.41) is 7.38. The van der Waals surface area contributed by atoms with Crippen LogP contribution in [0.3, 0.4) is 0 Å². The van der Waals surface area contributed by atoms with Gasteiger partial charge in [-0.3, -0.25) is 9.98 Å². The number of benzene rings is 1. The molecule has 0 amide bonds. The molecule has 0 unspecified atom stereocenters. The molecular formula is C17H15ClN4S. The Balaban J connectivity index is 2.06. The fourth-order valence-electron chi connectivity index (χ4n) is 2.05. The highest BCUT2D eigenvalue weighted by atomic mass is 35.5. The molecule has 2 heterocycles. The fraction of sp³-hybridized carbons (Fsp3) is 0.118. The van der Waals surface area contributed by atoms with Crippen molar-refractivity contribution in [3.63, 3.8) is 0 Å². The first-order valence-electron chi connectivity index (χ1n) is 7.19. The Hall–Kier alpha value is -2.24. The summed E-state index contributed by atoms with van der Waals surface area (Å²) >= 11 is 7.55. The number of thiazole rings is 1. The van der Waals surface area contributed by atoms with Crippen LogP contribution in [0.5, 0.6) is 0 Å². The topological polar surface area (TPSA) is 42.5 Å². The molecule has 0 N–H and O–H groups in total. The monoisotopic (exact) mass is 342 g/mol. The van der Waals surface area contributed by atoms with Crippen molar-refractivity contribution in [1.82, 2.24) is 9.66 Å². The van der Waals surface area contributed by atoms with E-state index in [2.05, 4.69) is 20.5 Å². The lowest BCUT2D eigenvalue weighted by Crippen LogP contribution is -2.12. The summed E-state index contributed by atoms with van der Waals surface area (Å²) in [6, 6.07) is 11.5. The van der Waals surface area contributed by atoms with E-state index in [4.69, 9.17) is 11.6 Å². The molecule has 6 heteroatoms. The molecule has 3 rings (SSSR count). The SMILES string of the molecule is CCN=c1scc(-c2ccc(Cl)cc2)n1N=Cc1ccncc1. The van der Waals surface area contributed by atoms with Crippen LogP contribution < -0.4 is 4.80 Å². The molecule has 0 atom stereocenters. The van der Waals surface area contributed by atoms with Crippen molar-refractivity contribution in [2.75, 3.05) is 6.54 Å². The number of rotatable bonds is 4. The molecule has 0 saturated carbocycles. The number of hydrogen-bond donors (Lipinski definition) is 0. The van der Waals surface area contributed by atoms with Gasteiger partial charge in [0.15, 0.2) is 0 Å². The molecule has 0 aliphatic heterocycles. The van der Waals surface area contributed by atoms with Crippen molar-refractivity contribution in [2.24, 2.45) is 10.1 Å². The lowest BCUT2D eigenvalue weighted by molar-refractivity contribution is 0.833. The minimum Gasteiger partial charge on any atom is -0.265 e. The molecule has 23 heavy (non-hydrogen) atoms. The van der Waals surface area contributed by atoms with Gasteiger partial charge in [-0.1, -0.05) is 23.7 Å². The van der Waals surface area contributed by atoms with Crippen molar-refractivity contribution >= 4 is 29.2 Å². The third kappa shape index (κ3) is 3.75. The average Bonchev–Trinajstić information content (AvgIpc) is 2.98. The summed E-state index contributed by atoms with van der Waals surface area (Å²) in [4.78, 5) is 9.39. The van der Waals surface area contributed by atoms with Crippen LogP contribution in [0.4, 0.5) is 0 Å². The van der Waals surface area contributed by atoms with Crippen LogP contribution >= 0.6 is 22.9 Å². The number of halogens is 1. The average molecular weight is 343 g/mol. The van der Waals surface area contributed by atoms with Gasteiger partial charge in [0.2, 0.25) is 4.80 Å². The van der Waals surface area contributed by atoms with Crippen molar-refractivity contribution in [1.29, 1.82) is 0 Å². The maximum atomic E-state index is 5.98. The van der Waals surface area contributed by atoms with E-state index in [0.717, 1.165) is 21.6 Å². The van der Waals surface area contributed by atoms with Crippen LogP contribution in [0.15, 0.2) is 64.3 Å². The predicted molar refractivity (Wildman–Crippen MR) is 96.1 cm³/mol. The fourth-order valence-corrected chi connectivity index (χ4v) is 3.08. The van der Waals surface area contributed by atoms with Crippen LogP contribution in [0.25, 0.3) is 11.3 Å². The third-order valence-corrected chi connectivity index (χ3v) is 4.25. The Bertz CT molecular complexity index is 864. The van der Waals surface area contributed by atoms with Crippen molar-refractivity contribution in [2.45, 2.75) is 6.92 Å². The van der Waals surface area contributed by atoms with Gasteiger partial charge in [-0.15, -0.1) is 11.3 Å². The zero-order valence-corrected chi connectivity index (χ0v) is 14.1. The van der Waals surface area contributed by atoms with Crippen molar-refractivity contribution in [3.8, 4) is 11.3 Å². The molecule has 0 aliphatic rings. The van der Waals surface area contributed by atoms with Gasteiger partial charge in [-0.2, -0.15) is 5.10 Å². The van der Waals surface area contributed by atoms with Crippen LogP contribution in [0, 0.1) is 0 Å². The van der Waals surface area contributed by atoms with E-state index in [0.29, 0.717) is 11.6 Å². The van der Waals surface area contributed by atoms with Gasteiger partial charge < -0.3 is 0 Å². The summed E-state index contributed by atoms with van der Waals surface area (Å²) in [7, 11) is 0. The molecule has 116 valence electrons. The van der Waals surface area contributed by atoms with E-state index in [1.165, 1.54) is 0 Å². The van der Waals surface area contributed by atoms with Crippen molar-refractivity contribution < 1.29 is 0 Å². The first kappa shape index (κ1) is 15.6. The van der Waals surface area contributed by atoms with Gasteiger partial charge in [-0.05, 0) is 36.8 Å². The first-order valence-corrected chi connectivity index (χ1v) is 8.45. The van der Waals surface area contributed by atoms with Gasteiger partial charge in [-0.25, -0.2) is 4.68 Å². The van der Waals surface area contributed by atoms with E-state index in [1.807, 2.05) is 54.2 Å². The highest BCUT2D eigenvalue weighted by Crippen LogP contribution is 2.22. The zero-order chi connectivity index (χ0) is 16.1. The third-order valence-electron chi connectivity index (χ3n) is 3.15. The van der Waals surface area contributed by atoms with Crippen LogP contribution in [-0.2, 0) is 0 Å². The van der Waals surface area contributed by atoms with E-state index in [9.17, 15) is 0 Å².